The van der Waals surface area contributed by atoms with Crippen molar-refractivity contribution in [2.24, 2.45) is 11.1 Å². The Morgan fingerprint density at radius 1 is 1.39 bits per heavy atom. The molecule has 0 aliphatic carbocycles. The maximum Gasteiger partial charge on any atom is 0.419 e. The zero-order chi connectivity index (χ0) is 14.0. The lowest BCUT2D eigenvalue weighted by atomic mass is 9.94. The summed E-state index contributed by atoms with van der Waals surface area (Å²) in [6.45, 7) is 4.43. The van der Waals surface area contributed by atoms with Gasteiger partial charge in [-0.1, -0.05) is 13.8 Å². The van der Waals surface area contributed by atoms with E-state index in [2.05, 4.69) is 26.2 Å². The van der Waals surface area contributed by atoms with Gasteiger partial charge in [0.15, 0.2) is 0 Å². The van der Waals surface area contributed by atoms with Crippen LogP contribution in [0.5, 0.6) is 0 Å². The molecule has 0 radical (unpaired) electrons. The minimum Gasteiger partial charge on any atom is -0.369 e. The Bertz CT molecular complexity index is 418. The van der Waals surface area contributed by atoms with Crippen molar-refractivity contribution in [3.63, 3.8) is 0 Å². The van der Waals surface area contributed by atoms with Gasteiger partial charge in [0.05, 0.1) is 5.56 Å². The predicted molar refractivity (Wildman–Crippen MR) is 68.3 cm³/mol. The Labute approximate surface area is 112 Å². The first-order valence-electron chi connectivity index (χ1n) is 5.32. The van der Waals surface area contributed by atoms with Crippen LogP contribution in [0.4, 0.5) is 19.0 Å². The second kappa shape index (κ2) is 5.44. The number of rotatable bonds is 4. The van der Waals surface area contributed by atoms with Gasteiger partial charge in [-0.25, -0.2) is 4.98 Å². The van der Waals surface area contributed by atoms with Crippen LogP contribution in [0.1, 0.15) is 19.4 Å². The van der Waals surface area contributed by atoms with Gasteiger partial charge in [0, 0.05) is 17.2 Å². The third-order valence-electron chi connectivity index (χ3n) is 2.45. The lowest BCUT2D eigenvalue weighted by Gasteiger charge is -2.24. The Hall–Kier alpha value is -0.820. The molecule has 3 nitrogen and oxygen atoms in total. The number of hydrogen-bond donors (Lipinski definition) is 2. The van der Waals surface area contributed by atoms with E-state index < -0.39 is 11.7 Å². The van der Waals surface area contributed by atoms with Crippen LogP contribution in [0.15, 0.2) is 16.7 Å². The molecular weight excluding hydrogens is 311 g/mol. The van der Waals surface area contributed by atoms with E-state index in [9.17, 15) is 13.2 Å². The van der Waals surface area contributed by atoms with Crippen LogP contribution in [-0.2, 0) is 6.18 Å². The molecule has 1 rings (SSSR count). The smallest absolute Gasteiger partial charge is 0.369 e. The highest BCUT2D eigenvalue weighted by atomic mass is 79.9. The third kappa shape index (κ3) is 4.13. The summed E-state index contributed by atoms with van der Waals surface area (Å²) in [6, 6.07) is 1.00. The molecule has 0 spiro atoms. The summed E-state index contributed by atoms with van der Waals surface area (Å²) in [5.74, 6) is -0.174. The van der Waals surface area contributed by atoms with E-state index in [1.165, 1.54) is 6.20 Å². The van der Waals surface area contributed by atoms with E-state index >= 15 is 0 Å². The summed E-state index contributed by atoms with van der Waals surface area (Å²) in [5.41, 5.74) is 4.45. The summed E-state index contributed by atoms with van der Waals surface area (Å²) in [7, 11) is 0. The van der Waals surface area contributed by atoms with Gasteiger partial charge in [-0.3, -0.25) is 0 Å². The number of nitrogens with two attached hydrogens (primary N) is 1. The van der Waals surface area contributed by atoms with Crippen LogP contribution in [0.25, 0.3) is 0 Å². The summed E-state index contributed by atoms with van der Waals surface area (Å²) < 4.78 is 38.7. The molecule has 0 atom stereocenters. The standard InChI is InChI=1S/C11H15BrF3N3/c1-10(2,5-16)6-18-9-8(11(13,14)15)3-7(12)4-17-9/h3-4H,5-6,16H2,1-2H3,(H,17,18). The Morgan fingerprint density at radius 2 is 2.00 bits per heavy atom. The first kappa shape index (κ1) is 15.2. The first-order chi connectivity index (χ1) is 8.15. The van der Waals surface area contributed by atoms with Crippen molar-refractivity contribution < 1.29 is 13.2 Å². The van der Waals surface area contributed by atoms with E-state index in [0.717, 1.165) is 6.07 Å². The largest absolute Gasteiger partial charge is 0.419 e. The fourth-order valence-corrected chi connectivity index (χ4v) is 1.52. The van der Waals surface area contributed by atoms with Crippen molar-refractivity contribution >= 4 is 21.7 Å². The molecule has 1 aromatic rings. The van der Waals surface area contributed by atoms with Crippen LogP contribution in [0, 0.1) is 5.41 Å². The Balaban J connectivity index is 2.96. The first-order valence-corrected chi connectivity index (χ1v) is 6.12. The van der Waals surface area contributed by atoms with E-state index in [1.807, 2.05) is 13.8 Å². The fraction of sp³-hybridized carbons (Fsp3) is 0.545. The molecule has 102 valence electrons. The lowest BCUT2D eigenvalue weighted by molar-refractivity contribution is -0.137. The van der Waals surface area contributed by atoms with E-state index in [0.29, 0.717) is 17.6 Å². The number of alkyl halides is 3. The SMILES string of the molecule is CC(C)(CN)CNc1ncc(Br)cc1C(F)(F)F. The summed E-state index contributed by atoms with van der Waals surface area (Å²) in [5, 5.41) is 2.71. The second-order valence-electron chi connectivity index (χ2n) is 4.77. The quantitative estimate of drug-likeness (QED) is 0.893. The van der Waals surface area contributed by atoms with Gasteiger partial charge in [0.2, 0.25) is 0 Å². The molecular formula is C11H15BrF3N3. The maximum atomic E-state index is 12.8. The van der Waals surface area contributed by atoms with Gasteiger partial charge in [-0.2, -0.15) is 13.2 Å². The van der Waals surface area contributed by atoms with Gasteiger partial charge in [-0.05, 0) is 34.0 Å². The van der Waals surface area contributed by atoms with Gasteiger partial charge >= 0.3 is 6.18 Å². The van der Waals surface area contributed by atoms with Gasteiger partial charge in [0.1, 0.15) is 5.82 Å². The van der Waals surface area contributed by atoms with Crippen LogP contribution >= 0.6 is 15.9 Å². The number of aromatic nitrogens is 1. The van der Waals surface area contributed by atoms with Crippen LogP contribution in [0.2, 0.25) is 0 Å². The lowest BCUT2D eigenvalue weighted by Crippen LogP contribution is -2.32. The predicted octanol–water partition coefficient (Wildman–Crippen LogP) is 3.26. The topological polar surface area (TPSA) is 50.9 Å². The van der Waals surface area contributed by atoms with Crippen molar-refractivity contribution in [3.8, 4) is 0 Å². The Morgan fingerprint density at radius 3 is 2.50 bits per heavy atom. The number of nitrogens with zero attached hydrogens (tertiary/aromatic N) is 1. The molecule has 0 fully saturated rings. The molecule has 1 aromatic heterocycles. The molecule has 0 aromatic carbocycles. The summed E-state index contributed by atoms with van der Waals surface area (Å²) >= 11 is 2.98. The highest BCUT2D eigenvalue weighted by molar-refractivity contribution is 9.10. The minimum absolute atomic E-state index is 0.174. The highest BCUT2D eigenvalue weighted by Gasteiger charge is 2.35. The van der Waals surface area contributed by atoms with E-state index in [-0.39, 0.29) is 11.2 Å². The normalized spacial score (nSPS) is 12.6. The molecule has 0 saturated carbocycles. The maximum absolute atomic E-state index is 12.8. The number of nitrogens with one attached hydrogen (secondary N) is 1. The van der Waals surface area contributed by atoms with Gasteiger partial charge in [-0.15, -0.1) is 0 Å². The molecule has 3 N–H and O–H groups in total. The molecule has 0 unspecified atom stereocenters. The van der Waals surface area contributed by atoms with Crippen LogP contribution < -0.4 is 11.1 Å². The van der Waals surface area contributed by atoms with E-state index in [1.54, 1.807) is 0 Å². The number of anilines is 1. The molecule has 0 amide bonds. The average Bonchev–Trinajstić information content (AvgIpc) is 2.26. The van der Waals surface area contributed by atoms with E-state index in [4.69, 9.17) is 5.73 Å². The zero-order valence-corrected chi connectivity index (χ0v) is 11.7. The number of hydrogen-bond acceptors (Lipinski definition) is 3. The highest BCUT2D eigenvalue weighted by Crippen LogP contribution is 2.35. The van der Waals surface area contributed by atoms with Crippen LogP contribution in [-0.4, -0.2) is 18.1 Å². The zero-order valence-electron chi connectivity index (χ0n) is 10.1. The number of halogens is 4. The Kier molecular flexibility index (Phi) is 4.61. The molecule has 7 heteroatoms. The van der Waals surface area contributed by atoms with Crippen molar-refractivity contribution in [1.29, 1.82) is 0 Å². The van der Waals surface area contributed by atoms with Crippen molar-refractivity contribution in [2.75, 3.05) is 18.4 Å². The summed E-state index contributed by atoms with van der Waals surface area (Å²) in [4.78, 5) is 3.76. The molecule has 0 aliphatic heterocycles. The van der Waals surface area contributed by atoms with Crippen molar-refractivity contribution in [2.45, 2.75) is 20.0 Å². The van der Waals surface area contributed by atoms with Crippen molar-refractivity contribution in [1.82, 2.24) is 4.98 Å². The molecule has 18 heavy (non-hydrogen) atoms. The molecule has 0 aliphatic rings. The van der Waals surface area contributed by atoms with Crippen LogP contribution in [0.3, 0.4) is 0 Å². The second-order valence-corrected chi connectivity index (χ2v) is 5.69. The van der Waals surface area contributed by atoms with Gasteiger partial charge < -0.3 is 11.1 Å². The molecule has 0 saturated heterocycles. The summed E-state index contributed by atoms with van der Waals surface area (Å²) in [6.07, 6.45) is -3.11. The molecule has 0 bridgehead atoms. The fourth-order valence-electron chi connectivity index (χ4n) is 1.19. The number of pyridine rings is 1. The third-order valence-corrected chi connectivity index (χ3v) is 2.88. The average molecular weight is 326 g/mol. The molecule has 1 heterocycles. The monoisotopic (exact) mass is 325 g/mol. The van der Waals surface area contributed by atoms with Gasteiger partial charge in [0.25, 0.3) is 0 Å². The minimum atomic E-state index is -4.44. The van der Waals surface area contributed by atoms with Crippen molar-refractivity contribution in [3.05, 3.63) is 22.3 Å².